The molecule has 3 aromatic rings. The number of nitrogens with zero attached hydrogens (tertiary/aromatic N) is 1. The lowest BCUT2D eigenvalue weighted by molar-refractivity contribution is -0.384. The first-order valence-electron chi connectivity index (χ1n) is 8.27. The summed E-state index contributed by atoms with van der Waals surface area (Å²) in [5, 5.41) is 16.6. The van der Waals surface area contributed by atoms with Crippen LogP contribution in [0.5, 0.6) is 11.5 Å². The van der Waals surface area contributed by atoms with Crippen LogP contribution in [0, 0.1) is 17.0 Å². The molecule has 0 radical (unpaired) electrons. The standard InChI is InChI=1S/C20H16ClN3O4/c1-13-12-14(21)2-11-19(13)28-18-9-5-16(6-10-18)23-20(25)22-15-3-7-17(8-4-15)24(26)27/h2-12H,1H3,(H2,22,23,25). The molecule has 0 unspecified atom stereocenters. The van der Waals surface area contributed by atoms with E-state index in [1.165, 1.54) is 24.3 Å². The summed E-state index contributed by atoms with van der Waals surface area (Å²) in [7, 11) is 0. The van der Waals surface area contributed by atoms with E-state index in [1.54, 1.807) is 36.4 Å². The Labute approximate surface area is 166 Å². The Morgan fingerprint density at radius 1 is 0.964 bits per heavy atom. The maximum Gasteiger partial charge on any atom is 0.323 e. The Bertz CT molecular complexity index is 1000. The van der Waals surface area contributed by atoms with E-state index >= 15 is 0 Å². The summed E-state index contributed by atoms with van der Waals surface area (Å²) in [6.45, 7) is 1.90. The zero-order valence-corrected chi connectivity index (χ0v) is 15.6. The Balaban J connectivity index is 1.58. The fraction of sp³-hybridized carbons (Fsp3) is 0.0500. The Hall–Kier alpha value is -3.58. The van der Waals surface area contributed by atoms with Crippen LogP contribution in [0.4, 0.5) is 21.9 Å². The van der Waals surface area contributed by atoms with Crippen molar-refractivity contribution in [3.8, 4) is 11.5 Å². The third-order valence-corrected chi connectivity index (χ3v) is 4.05. The summed E-state index contributed by atoms with van der Waals surface area (Å²) in [6, 6.07) is 17.3. The molecule has 0 atom stereocenters. The number of nitro groups is 1. The van der Waals surface area contributed by atoms with Crippen molar-refractivity contribution in [2.45, 2.75) is 6.92 Å². The summed E-state index contributed by atoms with van der Waals surface area (Å²) in [4.78, 5) is 22.2. The second-order valence-electron chi connectivity index (χ2n) is 5.92. The first-order valence-corrected chi connectivity index (χ1v) is 8.65. The summed E-state index contributed by atoms with van der Waals surface area (Å²) < 4.78 is 5.81. The molecule has 0 heterocycles. The topological polar surface area (TPSA) is 93.5 Å². The van der Waals surface area contributed by atoms with E-state index in [2.05, 4.69) is 10.6 Å². The number of benzene rings is 3. The third kappa shape index (κ3) is 4.99. The van der Waals surface area contributed by atoms with Gasteiger partial charge in [0, 0.05) is 28.5 Å². The molecule has 0 bridgehead atoms. The van der Waals surface area contributed by atoms with Gasteiger partial charge in [-0.05, 0) is 67.1 Å². The average molecular weight is 398 g/mol. The molecule has 142 valence electrons. The summed E-state index contributed by atoms with van der Waals surface area (Å²) in [5.41, 5.74) is 1.88. The number of hydrogen-bond acceptors (Lipinski definition) is 4. The van der Waals surface area contributed by atoms with Crippen LogP contribution in [0.3, 0.4) is 0 Å². The van der Waals surface area contributed by atoms with Crippen molar-refractivity contribution in [1.29, 1.82) is 0 Å². The van der Waals surface area contributed by atoms with Crippen LogP contribution in [0.25, 0.3) is 0 Å². The molecule has 3 aromatic carbocycles. The van der Waals surface area contributed by atoms with Gasteiger partial charge in [-0.1, -0.05) is 11.6 Å². The average Bonchev–Trinajstić information content (AvgIpc) is 2.66. The number of aryl methyl sites for hydroxylation is 1. The van der Waals surface area contributed by atoms with Crippen molar-refractivity contribution in [3.63, 3.8) is 0 Å². The van der Waals surface area contributed by atoms with E-state index in [0.717, 1.165) is 5.56 Å². The fourth-order valence-corrected chi connectivity index (χ4v) is 2.65. The Morgan fingerprint density at radius 3 is 2.07 bits per heavy atom. The van der Waals surface area contributed by atoms with Crippen LogP contribution < -0.4 is 15.4 Å². The molecule has 2 N–H and O–H groups in total. The lowest BCUT2D eigenvalue weighted by Gasteiger charge is -2.11. The summed E-state index contributed by atoms with van der Waals surface area (Å²) in [6.07, 6.45) is 0. The van der Waals surface area contributed by atoms with Crippen LogP contribution in [0.2, 0.25) is 5.02 Å². The second-order valence-corrected chi connectivity index (χ2v) is 6.36. The van der Waals surface area contributed by atoms with Gasteiger partial charge < -0.3 is 15.4 Å². The largest absolute Gasteiger partial charge is 0.457 e. The SMILES string of the molecule is Cc1cc(Cl)ccc1Oc1ccc(NC(=O)Nc2ccc([N+](=O)[O-])cc2)cc1. The molecule has 0 spiro atoms. The van der Waals surface area contributed by atoms with Gasteiger partial charge in [0.05, 0.1) is 4.92 Å². The van der Waals surface area contributed by atoms with E-state index in [4.69, 9.17) is 16.3 Å². The van der Waals surface area contributed by atoms with Gasteiger partial charge in [0.15, 0.2) is 0 Å². The second kappa shape index (κ2) is 8.41. The number of urea groups is 1. The number of carbonyl (C=O) groups excluding carboxylic acids is 1. The molecule has 0 aliphatic carbocycles. The third-order valence-electron chi connectivity index (χ3n) is 3.81. The molecule has 0 aromatic heterocycles. The molecule has 0 aliphatic rings. The molecule has 2 amide bonds. The van der Waals surface area contributed by atoms with Gasteiger partial charge in [0.1, 0.15) is 11.5 Å². The molecule has 0 fully saturated rings. The van der Waals surface area contributed by atoms with Crippen LogP contribution >= 0.6 is 11.6 Å². The lowest BCUT2D eigenvalue weighted by Crippen LogP contribution is -2.19. The number of ether oxygens (including phenoxy) is 1. The quantitative estimate of drug-likeness (QED) is 0.408. The molecule has 0 saturated heterocycles. The van der Waals surface area contributed by atoms with E-state index in [9.17, 15) is 14.9 Å². The van der Waals surface area contributed by atoms with Gasteiger partial charge >= 0.3 is 6.03 Å². The monoisotopic (exact) mass is 397 g/mol. The van der Waals surface area contributed by atoms with Crippen molar-refractivity contribution >= 4 is 34.7 Å². The van der Waals surface area contributed by atoms with E-state index < -0.39 is 11.0 Å². The Kier molecular flexibility index (Phi) is 5.76. The first kappa shape index (κ1) is 19.2. The minimum absolute atomic E-state index is 0.0440. The van der Waals surface area contributed by atoms with Gasteiger partial charge in [0.25, 0.3) is 5.69 Å². The minimum atomic E-state index is -0.501. The number of carbonyl (C=O) groups is 1. The molecule has 8 heteroatoms. The highest BCUT2D eigenvalue weighted by Gasteiger charge is 2.07. The molecule has 28 heavy (non-hydrogen) atoms. The minimum Gasteiger partial charge on any atom is -0.457 e. The van der Waals surface area contributed by atoms with Crippen molar-refractivity contribution in [2.24, 2.45) is 0 Å². The van der Waals surface area contributed by atoms with Crippen LogP contribution in [-0.4, -0.2) is 11.0 Å². The number of nitrogens with one attached hydrogen (secondary N) is 2. The highest BCUT2D eigenvalue weighted by atomic mass is 35.5. The van der Waals surface area contributed by atoms with Crippen LogP contribution in [0.15, 0.2) is 66.7 Å². The van der Waals surface area contributed by atoms with Gasteiger partial charge in [-0.3, -0.25) is 10.1 Å². The first-order chi connectivity index (χ1) is 13.4. The van der Waals surface area contributed by atoms with Gasteiger partial charge in [0.2, 0.25) is 0 Å². The molecule has 3 rings (SSSR count). The van der Waals surface area contributed by atoms with Gasteiger partial charge in [-0.25, -0.2) is 4.79 Å². The number of rotatable bonds is 5. The lowest BCUT2D eigenvalue weighted by atomic mass is 10.2. The van der Waals surface area contributed by atoms with Crippen LogP contribution in [0.1, 0.15) is 5.56 Å². The number of anilines is 2. The Morgan fingerprint density at radius 2 is 1.54 bits per heavy atom. The summed E-state index contributed by atoms with van der Waals surface area (Å²) >= 11 is 5.94. The molecular formula is C20H16ClN3O4. The van der Waals surface area contributed by atoms with Crippen molar-refractivity contribution in [3.05, 3.63) is 87.4 Å². The van der Waals surface area contributed by atoms with Crippen molar-refractivity contribution in [1.82, 2.24) is 0 Å². The maximum absolute atomic E-state index is 12.1. The number of amides is 2. The number of non-ortho nitro benzene ring substituents is 1. The van der Waals surface area contributed by atoms with E-state index in [-0.39, 0.29) is 5.69 Å². The predicted molar refractivity (Wildman–Crippen MR) is 108 cm³/mol. The van der Waals surface area contributed by atoms with Gasteiger partial charge in [-0.2, -0.15) is 0 Å². The molecular weight excluding hydrogens is 382 g/mol. The smallest absolute Gasteiger partial charge is 0.323 e. The maximum atomic E-state index is 12.1. The summed E-state index contributed by atoms with van der Waals surface area (Å²) in [5.74, 6) is 1.31. The van der Waals surface area contributed by atoms with Crippen molar-refractivity contribution < 1.29 is 14.5 Å². The highest BCUT2D eigenvalue weighted by molar-refractivity contribution is 6.30. The number of halogens is 1. The fourth-order valence-electron chi connectivity index (χ4n) is 2.42. The zero-order valence-electron chi connectivity index (χ0n) is 14.8. The molecule has 7 nitrogen and oxygen atoms in total. The highest BCUT2D eigenvalue weighted by Crippen LogP contribution is 2.28. The molecule has 0 aliphatic heterocycles. The van der Waals surface area contributed by atoms with E-state index in [1.807, 2.05) is 13.0 Å². The zero-order chi connectivity index (χ0) is 20.1. The van der Waals surface area contributed by atoms with Crippen molar-refractivity contribution in [2.75, 3.05) is 10.6 Å². The number of hydrogen-bond donors (Lipinski definition) is 2. The van der Waals surface area contributed by atoms with Crippen LogP contribution in [-0.2, 0) is 0 Å². The normalized spacial score (nSPS) is 10.2. The van der Waals surface area contributed by atoms with E-state index in [0.29, 0.717) is 27.9 Å². The number of nitro benzene ring substituents is 1. The molecule has 0 saturated carbocycles. The predicted octanol–water partition coefficient (Wildman–Crippen LogP) is 5.99. The van der Waals surface area contributed by atoms with Gasteiger partial charge in [-0.15, -0.1) is 0 Å².